The van der Waals surface area contributed by atoms with Gasteiger partial charge in [-0.15, -0.1) is 0 Å². The summed E-state index contributed by atoms with van der Waals surface area (Å²) >= 11 is 0. The summed E-state index contributed by atoms with van der Waals surface area (Å²) in [4.78, 5) is 14.0. The molecular formula is C16H22F2N2O. The summed E-state index contributed by atoms with van der Waals surface area (Å²) in [6.07, 6.45) is 3.84. The summed E-state index contributed by atoms with van der Waals surface area (Å²) in [5.74, 6) is -1.51. The van der Waals surface area contributed by atoms with E-state index in [9.17, 15) is 13.6 Å². The normalized spacial score (nSPS) is 18.8. The fraction of sp³-hybridized carbons (Fsp3) is 0.562. The highest BCUT2D eigenvalue weighted by atomic mass is 19.2. The van der Waals surface area contributed by atoms with Crippen LogP contribution in [0.3, 0.4) is 0 Å². The zero-order chi connectivity index (χ0) is 15.2. The standard InChI is InChI=1S/C16H22F2N2O/c1-19-13-5-3-9-20(11-13)16(21)6-2-4-12-7-8-14(17)15(18)10-12/h7-8,10,13,19H,2-6,9,11H2,1H3. The first-order valence-electron chi connectivity index (χ1n) is 7.49. The smallest absolute Gasteiger partial charge is 0.222 e. The molecule has 1 atom stereocenters. The second-order valence-corrected chi connectivity index (χ2v) is 5.57. The van der Waals surface area contributed by atoms with Gasteiger partial charge in [0.05, 0.1) is 0 Å². The van der Waals surface area contributed by atoms with Gasteiger partial charge in [-0.2, -0.15) is 0 Å². The number of carbonyl (C=O) groups is 1. The predicted octanol–water partition coefficient (Wildman–Crippen LogP) is 2.50. The molecule has 1 aliphatic rings. The fourth-order valence-electron chi connectivity index (χ4n) is 2.74. The Morgan fingerprint density at radius 2 is 2.19 bits per heavy atom. The molecule has 0 spiro atoms. The number of carbonyl (C=O) groups excluding carboxylic acids is 1. The van der Waals surface area contributed by atoms with Gasteiger partial charge in [0.1, 0.15) is 0 Å². The van der Waals surface area contributed by atoms with Crippen LogP contribution >= 0.6 is 0 Å². The molecule has 0 radical (unpaired) electrons. The van der Waals surface area contributed by atoms with Gasteiger partial charge < -0.3 is 10.2 Å². The molecule has 21 heavy (non-hydrogen) atoms. The maximum Gasteiger partial charge on any atom is 0.222 e. The number of benzene rings is 1. The van der Waals surface area contributed by atoms with Crippen LogP contribution in [0.2, 0.25) is 0 Å². The lowest BCUT2D eigenvalue weighted by atomic mass is 10.0. The highest BCUT2D eigenvalue weighted by Gasteiger charge is 2.21. The van der Waals surface area contributed by atoms with Crippen molar-refractivity contribution < 1.29 is 13.6 Å². The third kappa shape index (κ3) is 4.49. The number of hydrogen-bond acceptors (Lipinski definition) is 2. The Hall–Kier alpha value is -1.49. The van der Waals surface area contributed by atoms with Crippen LogP contribution in [0.5, 0.6) is 0 Å². The SMILES string of the molecule is CNC1CCCN(C(=O)CCCc2ccc(F)c(F)c2)C1. The summed E-state index contributed by atoms with van der Waals surface area (Å²) in [7, 11) is 1.92. The first-order valence-corrected chi connectivity index (χ1v) is 7.49. The molecule has 3 nitrogen and oxygen atoms in total. The molecular weight excluding hydrogens is 274 g/mol. The zero-order valence-electron chi connectivity index (χ0n) is 12.4. The van der Waals surface area contributed by atoms with Crippen molar-refractivity contribution in [2.24, 2.45) is 0 Å². The van der Waals surface area contributed by atoms with E-state index in [0.717, 1.165) is 37.6 Å². The number of likely N-dealkylation sites (tertiary alicyclic amines) is 1. The van der Waals surface area contributed by atoms with Crippen molar-refractivity contribution in [3.05, 3.63) is 35.4 Å². The largest absolute Gasteiger partial charge is 0.341 e. The minimum Gasteiger partial charge on any atom is -0.341 e. The Balaban J connectivity index is 1.77. The van der Waals surface area contributed by atoms with Crippen LogP contribution in [0.1, 0.15) is 31.2 Å². The average Bonchev–Trinajstić information content (AvgIpc) is 2.50. The average molecular weight is 296 g/mol. The third-order valence-electron chi connectivity index (χ3n) is 4.02. The molecule has 0 aromatic heterocycles. The van der Waals surface area contributed by atoms with Gasteiger partial charge in [-0.05, 0) is 50.4 Å². The first-order chi connectivity index (χ1) is 10.1. The molecule has 0 saturated carbocycles. The third-order valence-corrected chi connectivity index (χ3v) is 4.02. The molecule has 116 valence electrons. The van der Waals surface area contributed by atoms with Crippen molar-refractivity contribution in [1.29, 1.82) is 0 Å². The number of halogens is 2. The Labute approximate surface area is 124 Å². The van der Waals surface area contributed by atoms with Crippen molar-refractivity contribution in [1.82, 2.24) is 10.2 Å². The molecule has 0 aliphatic carbocycles. The number of rotatable bonds is 5. The van der Waals surface area contributed by atoms with Crippen molar-refractivity contribution in [3.63, 3.8) is 0 Å². The highest BCUT2D eigenvalue weighted by molar-refractivity contribution is 5.76. The summed E-state index contributed by atoms with van der Waals surface area (Å²) in [6.45, 7) is 1.59. The maximum absolute atomic E-state index is 13.1. The maximum atomic E-state index is 13.1. The van der Waals surface area contributed by atoms with Crippen molar-refractivity contribution in [2.45, 2.75) is 38.1 Å². The molecule has 1 amide bonds. The number of aryl methyl sites for hydroxylation is 1. The molecule has 1 fully saturated rings. The molecule has 1 saturated heterocycles. The monoisotopic (exact) mass is 296 g/mol. The van der Waals surface area contributed by atoms with Crippen LogP contribution in [-0.4, -0.2) is 37.0 Å². The number of nitrogens with zero attached hydrogens (tertiary/aromatic N) is 1. The van der Waals surface area contributed by atoms with Crippen LogP contribution < -0.4 is 5.32 Å². The van der Waals surface area contributed by atoms with Crippen molar-refractivity contribution in [3.8, 4) is 0 Å². The molecule has 1 heterocycles. The lowest BCUT2D eigenvalue weighted by Gasteiger charge is -2.32. The Morgan fingerprint density at radius 3 is 2.90 bits per heavy atom. The Morgan fingerprint density at radius 1 is 1.38 bits per heavy atom. The lowest BCUT2D eigenvalue weighted by Crippen LogP contribution is -2.46. The van der Waals surface area contributed by atoms with Gasteiger partial charge in [-0.25, -0.2) is 8.78 Å². The van der Waals surface area contributed by atoms with E-state index in [2.05, 4.69) is 5.32 Å². The van der Waals surface area contributed by atoms with Crippen molar-refractivity contribution in [2.75, 3.05) is 20.1 Å². The molecule has 2 rings (SSSR count). The summed E-state index contributed by atoms with van der Waals surface area (Å²) < 4.78 is 25.9. The van der Waals surface area contributed by atoms with Crippen LogP contribution in [0, 0.1) is 11.6 Å². The zero-order valence-corrected chi connectivity index (χ0v) is 12.4. The molecule has 1 N–H and O–H groups in total. The van der Waals surface area contributed by atoms with Crippen LogP contribution in [-0.2, 0) is 11.2 Å². The van der Waals surface area contributed by atoms with E-state index in [1.807, 2.05) is 11.9 Å². The first kappa shape index (κ1) is 15.9. The van der Waals surface area contributed by atoms with E-state index in [-0.39, 0.29) is 5.91 Å². The van der Waals surface area contributed by atoms with Gasteiger partial charge in [-0.1, -0.05) is 6.07 Å². The number of amides is 1. The fourth-order valence-corrected chi connectivity index (χ4v) is 2.74. The minimum atomic E-state index is -0.832. The summed E-state index contributed by atoms with van der Waals surface area (Å²) in [5.41, 5.74) is 0.730. The number of piperidine rings is 1. The van der Waals surface area contributed by atoms with Crippen molar-refractivity contribution >= 4 is 5.91 Å². The molecule has 0 bridgehead atoms. The molecule has 1 aromatic carbocycles. The quantitative estimate of drug-likeness (QED) is 0.905. The summed E-state index contributed by atoms with van der Waals surface area (Å²) in [5, 5.41) is 3.21. The van der Waals surface area contributed by atoms with E-state index in [1.54, 1.807) is 6.07 Å². The minimum absolute atomic E-state index is 0.150. The topological polar surface area (TPSA) is 32.3 Å². The van der Waals surface area contributed by atoms with Crippen LogP contribution in [0.4, 0.5) is 8.78 Å². The summed E-state index contributed by atoms with van der Waals surface area (Å²) in [6, 6.07) is 4.29. The number of nitrogens with one attached hydrogen (secondary N) is 1. The van der Waals surface area contributed by atoms with Crippen LogP contribution in [0.15, 0.2) is 18.2 Å². The Bertz CT molecular complexity index is 493. The van der Waals surface area contributed by atoms with Gasteiger partial charge in [0, 0.05) is 25.6 Å². The van der Waals surface area contributed by atoms with Gasteiger partial charge in [-0.3, -0.25) is 4.79 Å². The van der Waals surface area contributed by atoms with E-state index >= 15 is 0 Å². The molecule has 1 aromatic rings. The lowest BCUT2D eigenvalue weighted by molar-refractivity contribution is -0.132. The van der Waals surface area contributed by atoms with E-state index in [1.165, 1.54) is 6.07 Å². The number of hydrogen-bond donors (Lipinski definition) is 1. The van der Waals surface area contributed by atoms with E-state index in [4.69, 9.17) is 0 Å². The predicted molar refractivity (Wildman–Crippen MR) is 78.0 cm³/mol. The van der Waals surface area contributed by atoms with Crippen LogP contribution in [0.25, 0.3) is 0 Å². The second kappa shape index (κ2) is 7.50. The molecule has 5 heteroatoms. The molecule has 1 unspecified atom stereocenters. The highest BCUT2D eigenvalue weighted by Crippen LogP contribution is 2.14. The van der Waals surface area contributed by atoms with Gasteiger partial charge in [0.25, 0.3) is 0 Å². The van der Waals surface area contributed by atoms with Gasteiger partial charge >= 0.3 is 0 Å². The van der Waals surface area contributed by atoms with E-state index < -0.39 is 11.6 Å². The van der Waals surface area contributed by atoms with E-state index in [0.29, 0.717) is 25.3 Å². The Kier molecular flexibility index (Phi) is 5.67. The van der Waals surface area contributed by atoms with Gasteiger partial charge in [0.2, 0.25) is 5.91 Å². The van der Waals surface area contributed by atoms with Gasteiger partial charge in [0.15, 0.2) is 11.6 Å². The number of likely N-dealkylation sites (N-methyl/N-ethyl adjacent to an activating group) is 1. The second-order valence-electron chi connectivity index (χ2n) is 5.57. The molecule has 1 aliphatic heterocycles.